The van der Waals surface area contributed by atoms with Crippen LogP contribution in [0.15, 0.2) is 72.8 Å². The lowest BCUT2D eigenvalue weighted by molar-refractivity contribution is -0.105. The first-order valence-electron chi connectivity index (χ1n) is 24.3. The predicted octanol–water partition coefficient (Wildman–Crippen LogP) is 12.7. The Kier molecular flexibility index (Phi) is 28.7. The smallest absolute Gasteiger partial charge is 0.368 e. The third kappa shape index (κ3) is 21.8. The Balaban J connectivity index is 1.64. The van der Waals surface area contributed by atoms with Crippen LogP contribution in [0.25, 0.3) is 0 Å². The fourth-order valence-electron chi connectivity index (χ4n) is 7.64. The van der Waals surface area contributed by atoms with Crippen molar-refractivity contribution in [1.29, 1.82) is 0 Å². The van der Waals surface area contributed by atoms with Crippen LogP contribution in [0.2, 0.25) is 0 Å². The molecule has 1 aliphatic rings. The molecular weight excluding hydrogens is 1050 g/mol. The molecule has 2 unspecified atom stereocenters. The minimum absolute atomic E-state index is 0.0729. The molecule has 2 atom stereocenters. The summed E-state index contributed by atoms with van der Waals surface area (Å²) < 4.78 is 110. The number of hydrogen-bond acceptors (Lipinski definition) is 18. The van der Waals surface area contributed by atoms with Crippen molar-refractivity contribution < 1.29 is 68.4 Å². The van der Waals surface area contributed by atoms with Gasteiger partial charge in [-0.1, -0.05) is 75.4 Å². The highest BCUT2D eigenvalue weighted by molar-refractivity contribution is 8.09. The molecule has 0 bridgehead atoms. The average molecular weight is 1130 g/mol. The highest BCUT2D eigenvalue weighted by Gasteiger charge is 2.34. The summed E-state index contributed by atoms with van der Waals surface area (Å²) in [4.78, 5) is 3.67. The minimum atomic E-state index is -3.51. The topological polar surface area (TPSA) is 172 Å². The molecule has 1 aliphatic heterocycles. The van der Waals surface area contributed by atoms with Gasteiger partial charge in [0.25, 0.3) is 0 Å². The Morgan fingerprint density at radius 2 is 1.01 bits per heavy atom. The molecule has 24 heteroatoms. The Bertz CT molecular complexity index is 2120. The number of nitrogens with zero attached hydrogens (tertiary/aromatic N) is 3. The van der Waals surface area contributed by atoms with Crippen LogP contribution in [0.4, 0.5) is 0 Å². The molecule has 3 aromatic rings. The molecule has 0 amide bonds. The fourth-order valence-corrected chi connectivity index (χ4v) is 14.9. The quantitative estimate of drug-likeness (QED) is 0.0391. The van der Waals surface area contributed by atoms with Gasteiger partial charge < -0.3 is 54.7 Å². The van der Waals surface area contributed by atoms with Gasteiger partial charge in [-0.3, -0.25) is 23.5 Å². The van der Waals surface area contributed by atoms with Gasteiger partial charge in [-0.25, -0.2) is 4.67 Å². The molecule has 0 N–H and O–H groups in total. The van der Waals surface area contributed by atoms with E-state index in [0.29, 0.717) is 63.4 Å². The van der Waals surface area contributed by atoms with Crippen LogP contribution >= 0.6 is 37.8 Å². The average Bonchev–Trinajstić information content (AvgIpc) is 3.40. The Labute approximate surface area is 436 Å². The lowest BCUT2D eigenvalue weighted by Gasteiger charge is -2.34. The van der Waals surface area contributed by atoms with E-state index in [1.807, 2.05) is 65.6 Å². The lowest BCUT2D eigenvalue weighted by Crippen LogP contribution is -2.29. The van der Waals surface area contributed by atoms with E-state index in [2.05, 4.69) is 23.7 Å². The molecule has 0 aliphatic carbocycles. The maximum atomic E-state index is 13.2. The summed E-state index contributed by atoms with van der Waals surface area (Å²) in [5.41, 5.74) is 2.97. The number of benzene rings is 3. The van der Waals surface area contributed by atoms with E-state index in [1.165, 1.54) is 55.5 Å². The summed E-state index contributed by atoms with van der Waals surface area (Å²) in [5, 5.41) is 0. The van der Waals surface area contributed by atoms with E-state index >= 15 is 0 Å². The number of hydrogen-bond donors (Lipinski definition) is 0. The van der Waals surface area contributed by atoms with Gasteiger partial charge in [-0.2, -0.15) is 0 Å². The van der Waals surface area contributed by atoms with Crippen LogP contribution in [0.3, 0.4) is 0 Å². The Morgan fingerprint density at radius 3 is 1.47 bits per heavy atom. The first-order chi connectivity index (χ1) is 34.6. The van der Waals surface area contributed by atoms with Gasteiger partial charge in [0, 0.05) is 101 Å². The molecule has 18 nitrogen and oxygen atoms in total. The third-order valence-corrected chi connectivity index (χ3v) is 22.1. The largest absolute Gasteiger partial charge is 0.465 e. The van der Waals surface area contributed by atoms with Gasteiger partial charge in [0.1, 0.15) is 36.1 Å². The van der Waals surface area contributed by atoms with E-state index in [4.69, 9.17) is 66.5 Å². The number of rotatable bonds is 38. The van der Waals surface area contributed by atoms with Crippen LogP contribution in [0.1, 0.15) is 81.4 Å². The monoisotopic (exact) mass is 1130 g/mol. The molecule has 408 valence electrons. The van der Waals surface area contributed by atoms with Crippen molar-refractivity contribution in [2.75, 3.05) is 108 Å². The van der Waals surface area contributed by atoms with Crippen LogP contribution < -0.4 is 13.8 Å². The van der Waals surface area contributed by atoms with Crippen molar-refractivity contribution in [3.05, 3.63) is 89.5 Å². The van der Waals surface area contributed by atoms with Crippen molar-refractivity contribution in [3.8, 4) is 17.2 Å². The van der Waals surface area contributed by atoms with Gasteiger partial charge in [-0.15, -0.1) is 0 Å². The molecule has 72 heavy (non-hydrogen) atoms. The van der Waals surface area contributed by atoms with Gasteiger partial charge in [0.2, 0.25) is 0 Å². The summed E-state index contributed by atoms with van der Waals surface area (Å²) in [7, 11) is -0.414. The molecule has 1 saturated heterocycles. The highest BCUT2D eigenvalue weighted by Crippen LogP contribution is 2.54. The Morgan fingerprint density at radius 1 is 0.569 bits per heavy atom. The molecule has 1 fully saturated rings. The lowest BCUT2D eigenvalue weighted by atomic mass is 10.1. The van der Waals surface area contributed by atoms with Crippen LogP contribution in [-0.2, 0) is 85.8 Å². The van der Waals surface area contributed by atoms with Gasteiger partial charge >= 0.3 is 29.4 Å². The van der Waals surface area contributed by atoms with Crippen LogP contribution in [0.5, 0.6) is 17.2 Å². The van der Waals surface area contributed by atoms with E-state index in [0.717, 1.165) is 67.4 Å². The SMILES string of the molecule is CCCCCCCCN(Cc1ccc(OC2CCCCO2)cc1)P(=S)(Oc1ccc(CCN(CP(OC)OC)CP(=O)(OC)OC)cc1)Oc1ccc(CCN(CP(=O)(OC)OC)CP(=O)(OC)OC)cc1. The summed E-state index contributed by atoms with van der Waals surface area (Å²) in [6, 6.07) is 23.5. The second kappa shape index (κ2) is 32.8. The van der Waals surface area contributed by atoms with Crippen LogP contribution in [0, 0.1) is 0 Å². The molecule has 3 aromatic carbocycles. The molecule has 0 spiro atoms. The molecule has 4 rings (SSSR count). The van der Waals surface area contributed by atoms with E-state index < -0.39 is 37.8 Å². The second-order valence-electron chi connectivity index (χ2n) is 17.1. The van der Waals surface area contributed by atoms with Gasteiger partial charge in [0.15, 0.2) is 14.7 Å². The zero-order valence-electron chi connectivity index (χ0n) is 43.8. The molecule has 0 radical (unpaired) electrons. The Hall–Kier alpha value is -1.65. The summed E-state index contributed by atoms with van der Waals surface area (Å²) in [5.74, 6) is 1.83. The van der Waals surface area contributed by atoms with Gasteiger partial charge in [-0.05, 0) is 85.2 Å². The van der Waals surface area contributed by atoms with Crippen molar-refractivity contribution in [2.45, 2.75) is 90.4 Å². The van der Waals surface area contributed by atoms with Gasteiger partial charge in [0.05, 0.1) is 12.9 Å². The molecule has 0 aromatic heterocycles. The van der Waals surface area contributed by atoms with E-state index in [1.54, 1.807) is 19.1 Å². The highest BCUT2D eigenvalue weighted by atomic mass is 32.5. The minimum Gasteiger partial charge on any atom is -0.465 e. The van der Waals surface area contributed by atoms with Crippen molar-refractivity contribution >= 4 is 49.6 Å². The zero-order chi connectivity index (χ0) is 52.5. The number of ether oxygens (including phenoxy) is 2. The normalized spacial score (nSPS) is 15.7. The third-order valence-electron chi connectivity index (χ3n) is 12.0. The second-order valence-corrected chi connectivity index (χ2v) is 28.8. The van der Waals surface area contributed by atoms with E-state index in [9.17, 15) is 13.7 Å². The molecular formula is C48H80N3O15P5S. The summed E-state index contributed by atoms with van der Waals surface area (Å²) in [6.07, 6.45) is 10.7. The molecule has 0 saturated carbocycles. The summed E-state index contributed by atoms with van der Waals surface area (Å²) >= 11 is 6.63. The standard InChI is InChI=1S/C48H80N3O15P5S/c1-10-11-12-13-14-16-33-51(37-44-23-25-45(26-24-44)64-48-18-15-17-36-63-48)71(72,65-46-27-19-42(20-28-46)31-34-49(38-67(55-2)56-3)39-68(52,57-4)58-5)66-47-29-21-43(22-30-47)32-35-50(40-69(53,59-6)60-7)41-70(54,61-8)62-9/h19-30,48H,10-18,31-41H2,1-9H3. The fraction of sp³-hybridized carbons (Fsp3) is 0.625. The first kappa shape index (κ1) is 62.9. The first-order valence-corrected chi connectivity index (χ1v) is 33.5. The van der Waals surface area contributed by atoms with Crippen molar-refractivity contribution in [1.82, 2.24) is 14.5 Å². The van der Waals surface area contributed by atoms with Crippen LogP contribution in [-0.4, -0.2) is 129 Å². The molecule has 1 heterocycles. The number of unbranched alkanes of at least 4 members (excludes halogenated alkanes) is 5. The van der Waals surface area contributed by atoms with Crippen molar-refractivity contribution in [3.63, 3.8) is 0 Å². The zero-order valence-corrected chi connectivity index (χ0v) is 49.0. The predicted molar refractivity (Wildman–Crippen MR) is 289 cm³/mol. The maximum Gasteiger partial charge on any atom is 0.368 e. The maximum absolute atomic E-state index is 13.2. The summed E-state index contributed by atoms with van der Waals surface area (Å²) in [6.45, 7) is 1.53. The van der Waals surface area contributed by atoms with Crippen molar-refractivity contribution in [2.24, 2.45) is 0 Å². The van der Waals surface area contributed by atoms with E-state index in [-0.39, 0.29) is 25.1 Å².